The molecule has 0 radical (unpaired) electrons. The molecule has 110 valence electrons. The minimum absolute atomic E-state index is 0.870. The van der Waals surface area contributed by atoms with Crippen LogP contribution in [0.2, 0.25) is 0 Å². The van der Waals surface area contributed by atoms with E-state index in [0.717, 1.165) is 19.4 Å². The van der Waals surface area contributed by atoms with Gasteiger partial charge in [0.2, 0.25) is 0 Å². The fourth-order valence-corrected chi connectivity index (χ4v) is 2.65. The van der Waals surface area contributed by atoms with Gasteiger partial charge < -0.3 is 5.32 Å². The molecule has 3 aromatic carbocycles. The Bertz CT molecular complexity index is 627. The van der Waals surface area contributed by atoms with Crippen molar-refractivity contribution in [1.29, 1.82) is 0 Å². The average Bonchev–Trinajstić information content (AvgIpc) is 2.61. The highest BCUT2D eigenvalue weighted by Gasteiger charge is 2.02. The van der Waals surface area contributed by atoms with Crippen molar-refractivity contribution in [2.45, 2.75) is 19.4 Å². The van der Waals surface area contributed by atoms with E-state index < -0.39 is 0 Å². The van der Waals surface area contributed by atoms with Gasteiger partial charge in [-0.05, 0) is 41.7 Å². The molecule has 0 bridgehead atoms. The predicted octanol–water partition coefficient (Wildman–Crippen LogP) is 5.08. The highest BCUT2D eigenvalue weighted by atomic mass is 14.9. The first-order valence-electron chi connectivity index (χ1n) is 7.81. The van der Waals surface area contributed by atoms with Crippen LogP contribution in [-0.2, 0) is 19.4 Å². The van der Waals surface area contributed by atoms with E-state index in [-0.39, 0.29) is 0 Å². The molecule has 0 aliphatic carbocycles. The lowest BCUT2D eigenvalue weighted by atomic mass is 10.00. The smallest absolute Gasteiger partial charge is 0.0403 e. The number of hydrogen-bond acceptors (Lipinski definition) is 1. The first kappa shape index (κ1) is 14.4. The van der Waals surface area contributed by atoms with Crippen LogP contribution < -0.4 is 5.32 Å². The Morgan fingerprint density at radius 3 is 1.86 bits per heavy atom. The molecule has 3 rings (SSSR count). The quantitative estimate of drug-likeness (QED) is 0.666. The summed E-state index contributed by atoms with van der Waals surface area (Å²) < 4.78 is 0. The Labute approximate surface area is 132 Å². The van der Waals surface area contributed by atoms with Gasteiger partial charge in [0, 0.05) is 12.2 Å². The van der Waals surface area contributed by atoms with Crippen LogP contribution in [0, 0.1) is 0 Å². The largest absolute Gasteiger partial charge is 0.381 e. The Balaban J connectivity index is 1.65. The monoisotopic (exact) mass is 287 g/mol. The molecule has 0 unspecified atom stereocenters. The molecular weight excluding hydrogens is 266 g/mol. The number of anilines is 1. The zero-order valence-electron chi connectivity index (χ0n) is 12.7. The van der Waals surface area contributed by atoms with Crippen molar-refractivity contribution >= 4 is 5.69 Å². The van der Waals surface area contributed by atoms with Crippen LogP contribution >= 0.6 is 0 Å². The lowest BCUT2D eigenvalue weighted by Gasteiger charge is -2.11. The van der Waals surface area contributed by atoms with Crippen LogP contribution in [0.1, 0.15) is 16.7 Å². The second-order valence-electron chi connectivity index (χ2n) is 5.47. The number of nitrogens with one attached hydrogen (secondary N) is 1. The molecule has 0 amide bonds. The van der Waals surface area contributed by atoms with Crippen molar-refractivity contribution in [3.05, 3.63) is 102 Å². The maximum atomic E-state index is 3.50. The summed E-state index contributed by atoms with van der Waals surface area (Å²) in [6, 6.07) is 29.8. The SMILES string of the molecule is c1ccc(CCc2ccccc2CNc2ccccc2)cc1. The molecule has 1 nitrogen and oxygen atoms in total. The van der Waals surface area contributed by atoms with E-state index in [4.69, 9.17) is 0 Å². The summed E-state index contributed by atoms with van der Waals surface area (Å²) in [5.74, 6) is 0. The summed E-state index contributed by atoms with van der Waals surface area (Å²) in [6.45, 7) is 0.870. The fraction of sp³-hybridized carbons (Fsp3) is 0.143. The summed E-state index contributed by atoms with van der Waals surface area (Å²) in [5.41, 5.74) is 5.37. The van der Waals surface area contributed by atoms with Crippen LogP contribution in [0.3, 0.4) is 0 Å². The number of rotatable bonds is 6. The summed E-state index contributed by atoms with van der Waals surface area (Å²) >= 11 is 0. The van der Waals surface area contributed by atoms with E-state index >= 15 is 0 Å². The second kappa shape index (κ2) is 7.46. The lowest BCUT2D eigenvalue weighted by molar-refractivity contribution is 0.933. The predicted molar refractivity (Wildman–Crippen MR) is 94.1 cm³/mol. The van der Waals surface area contributed by atoms with Gasteiger partial charge in [0.15, 0.2) is 0 Å². The molecule has 3 aromatic rings. The zero-order chi connectivity index (χ0) is 15.0. The number of hydrogen-bond donors (Lipinski definition) is 1. The Morgan fingerprint density at radius 1 is 0.545 bits per heavy atom. The van der Waals surface area contributed by atoms with Gasteiger partial charge in [-0.25, -0.2) is 0 Å². The van der Waals surface area contributed by atoms with Crippen molar-refractivity contribution in [1.82, 2.24) is 0 Å². The number of para-hydroxylation sites is 1. The molecule has 22 heavy (non-hydrogen) atoms. The molecule has 1 heteroatoms. The maximum Gasteiger partial charge on any atom is 0.0403 e. The van der Waals surface area contributed by atoms with Gasteiger partial charge in [-0.1, -0.05) is 72.8 Å². The average molecular weight is 287 g/mol. The third kappa shape index (κ3) is 3.98. The van der Waals surface area contributed by atoms with Crippen molar-refractivity contribution in [2.24, 2.45) is 0 Å². The van der Waals surface area contributed by atoms with Crippen LogP contribution in [0.5, 0.6) is 0 Å². The van der Waals surface area contributed by atoms with Crippen LogP contribution in [0.25, 0.3) is 0 Å². The second-order valence-corrected chi connectivity index (χ2v) is 5.47. The van der Waals surface area contributed by atoms with Crippen molar-refractivity contribution in [2.75, 3.05) is 5.32 Å². The first-order valence-corrected chi connectivity index (χ1v) is 7.81. The molecule has 0 aliphatic heterocycles. The minimum atomic E-state index is 0.870. The van der Waals surface area contributed by atoms with Crippen molar-refractivity contribution in [3.63, 3.8) is 0 Å². The van der Waals surface area contributed by atoms with E-state index in [9.17, 15) is 0 Å². The van der Waals surface area contributed by atoms with Gasteiger partial charge in [0.05, 0.1) is 0 Å². The van der Waals surface area contributed by atoms with Gasteiger partial charge in [-0.3, -0.25) is 0 Å². The van der Waals surface area contributed by atoms with Gasteiger partial charge in [-0.2, -0.15) is 0 Å². The standard InChI is InChI=1S/C21H21N/c1-3-9-18(10-4-1)15-16-19-11-7-8-12-20(19)17-22-21-13-5-2-6-14-21/h1-14,22H,15-17H2. The van der Waals surface area contributed by atoms with E-state index in [0.29, 0.717) is 0 Å². The van der Waals surface area contributed by atoms with E-state index in [1.165, 1.54) is 22.4 Å². The highest BCUT2D eigenvalue weighted by Crippen LogP contribution is 2.15. The minimum Gasteiger partial charge on any atom is -0.381 e. The molecule has 0 aromatic heterocycles. The van der Waals surface area contributed by atoms with Gasteiger partial charge in [-0.15, -0.1) is 0 Å². The van der Waals surface area contributed by atoms with E-state index in [1.807, 2.05) is 6.07 Å². The van der Waals surface area contributed by atoms with Crippen LogP contribution in [0.15, 0.2) is 84.9 Å². The number of aryl methyl sites for hydroxylation is 2. The Hall–Kier alpha value is -2.54. The molecule has 0 aliphatic rings. The zero-order valence-corrected chi connectivity index (χ0v) is 12.7. The van der Waals surface area contributed by atoms with Crippen molar-refractivity contribution in [3.8, 4) is 0 Å². The van der Waals surface area contributed by atoms with Crippen LogP contribution in [-0.4, -0.2) is 0 Å². The first-order chi connectivity index (χ1) is 10.9. The molecule has 0 spiro atoms. The van der Waals surface area contributed by atoms with Crippen molar-refractivity contribution < 1.29 is 0 Å². The molecular formula is C21H21N. The van der Waals surface area contributed by atoms with E-state index in [1.54, 1.807) is 0 Å². The Morgan fingerprint density at radius 2 is 1.14 bits per heavy atom. The maximum absolute atomic E-state index is 3.50. The van der Waals surface area contributed by atoms with Gasteiger partial charge in [0.1, 0.15) is 0 Å². The topological polar surface area (TPSA) is 12.0 Å². The van der Waals surface area contributed by atoms with Crippen LogP contribution in [0.4, 0.5) is 5.69 Å². The lowest BCUT2D eigenvalue weighted by Crippen LogP contribution is -2.03. The summed E-state index contributed by atoms with van der Waals surface area (Å²) in [5, 5.41) is 3.50. The van der Waals surface area contributed by atoms with Gasteiger partial charge in [0.25, 0.3) is 0 Å². The van der Waals surface area contributed by atoms with Gasteiger partial charge >= 0.3 is 0 Å². The number of benzene rings is 3. The molecule has 0 saturated heterocycles. The summed E-state index contributed by atoms with van der Waals surface area (Å²) in [6.07, 6.45) is 2.17. The fourth-order valence-electron chi connectivity index (χ4n) is 2.65. The van der Waals surface area contributed by atoms with E-state index in [2.05, 4.69) is 84.2 Å². The summed E-state index contributed by atoms with van der Waals surface area (Å²) in [7, 11) is 0. The third-order valence-electron chi connectivity index (χ3n) is 3.90. The molecule has 0 saturated carbocycles. The highest BCUT2D eigenvalue weighted by molar-refractivity contribution is 5.44. The molecule has 0 heterocycles. The third-order valence-corrected chi connectivity index (χ3v) is 3.90. The Kier molecular flexibility index (Phi) is 4.88. The summed E-state index contributed by atoms with van der Waals surface area (Å²) in [4.78, 5) is 0. The normalized spacial score (nSPS) is 10.4. The molecule has 1 N–H and O–H groups in total. The molecule has 0 atom stereocenters. The molecule has 0 fully saturated rings.